The van der Waals surface area contributed by atoms with E-state index in [1.807, 2.05) is 0 Å². The van der Waals surface area contributed by atoms with Gasteiger partial charge in [0, 0.05) is 0 Å². The monoisotopic (exact) mass is 425 g/mol. The lowest BCUT2D eigenvalue weighted by molar-refractivity contribution is -0.139. The lowest BCUT2D eigenvalue weighted by Gasteiger charge is -2.05. The predicted molar refractivity (Wildman–Crippen MR) is 112 cm³/mol. The van der Waals surface area contributed by atoms with Crippen molar-refractivity contribution < 1.29 is 23.5 Å². The van der Waals surface area contributed by atoms with Gasteiger partial charge in [-0.15, -0.1) is 0 Å². The van der Waals surface area contributed by atoms with Gasteiger partial charge in [0.15, 0.2) is 0 Å². The predicted octanol–water partition coefficient (Wildman–Crippen LogP) is 2.95. The van der Waals surface area contributed by atoms with Gasteiger partial charge >= 0.3 is 11.9 Å². The molecule has 3 aromatic rings. The van der Waals surface area contributed by atoms with Crippen LogP contribution in [0.5, 0.6) is 0 Å². The average molecular weight is 425 g/mol. The number of para-hydroxylation sites is 1. The molecule has 0 fully saturated rings. The van der Waals surface area contributed by atoms with Crippen molar-refractivity contribution in [3.05, 3.63) is 81.5 Å². The summed E-state index contributed by atoms with van der Waals surface area (Å²) in [6, 6.07) is 11.8. The minimum atomic E-state index is -0.570. The first-order chi connectivity index (χ1) is 14.8. The first-order valence-corrected chi connectivity index (χ1v) is 9.25. The molecule has 3 rings (SSSR count). The summed E-state index contributed by atoms with van der Waals surface area (Å²) in [5.41, 5.74) is 1.14. The maximum atomic E-state index is 13.3. The van der Waals surface area contributed by atoms with E-state index in [4.69, 9.17) is 9.47 Å². The molecule has 0 radical (unpaired) electrons. The molecule has 1 N–H and O–H groups in total. The number of esters is 2. The Bertz CT molecular complexity index is 1210. The van der Waals surface area contributed by atoms with Crippen LogP contribution in [0.15, 0.2) is 58.3 Å². The summed E-state index contributed by atoms with van der Waals surface area (Å²) in [5, 5.41) is 2.87. The fraction of sp³-hybridized carbons (Fsp3) is 0.182. The largest absolute Gasteiger partial charge is 0.469 e. The number of carbonyl (C=O) groups is 2. The van der Waals surface area contributed by atoms with Crippen LogP contribution in [0, 0.1) is 5.82 Å². The Hall–Kier alpha value is -4.01. The normalized spacial score (nSPS) is 11.3. The van der Waals surface area contributed by atoms with Crippen molar-refractivity contribution in [1.29, 1.82) is 0 Å². The topological polar surface area (TPSA) is 103 Å². The Morgan fingerprint density at radius 1 is 1.06 bits per heavy atom. The van der Waals surface area contributed by atoms with Gasteiger partial charge < -0.3 is 9.47 Å². The van der Waals surface area contributed by atoms with Crippen LogP contribution in [-0.4, -0.2) is 41.7 Å². The Balaban J connectivity index is 2.16. The molecule has 0 aliphatic rings. The van der Waals surface area contributed by atoms with E-state index in [-0.39, 0.29) is 29.0 Å². The van der Waals surface area contributed by atoms with Crippen molar-refractivity contribution in [2.24, 2.45) is 4.99 Å². The van der Waals surface area contributed by atoms with Gasteiger partial charge in [0.25, 0.3) is 5.56 Å². The summed E-state index contributed by atoms with van der Waals surface area (Å²) in [6.45, 7) is 1.59. The highest BCUT2D eigenvalue weighted by Crippen LogP contribution is 2.21. The van der Waals surface area contributed by atoms with Gasteiger partial charge in [-0.3, -0.25) is 19.7 Å². The Morgan fingerprint density at radius 2 is 1.74 bits per heavy atom. The molecule has 8 nitrogen and oxygen atoms in total. The number of carbonyl (C=O) groups excluding carboxylic acids is 2. The lowest BCUT2D eigenvalue weighted by atomic mass is 10.1. The van der Waals surface area contributed by atoms with Gasteiger partial charge in [-0.25, -0.2) is 13.9 Å². The maximum Gasteiger partial charge on any atom is 0.340 e. The highest BCUT2D eigenvalue weighted by atomic mass is 19.1. The average Bonchev–Trinajstić information content (AvgIpc) is 3.09. The second-order valence-corrected chi connectivity index (χ2v) is 6.54. The minimum absolute atomic E-state index is 0.148. The van der Waals surface area contributed by atoms with E-state index in [1.54, 1.807) is 31.2 Å². The van der Waals surface area contributed by atoms with E-state index in [1.165, 1.54) is 43.2 Å². The molecule has 0 aliphatic carbocycles. The number of aromatic amines is 1. The van der Waals surface area contributed by atoms with Gasteiger partial charge in [-0.1, -0.05) is 12.1 Å². The fourth-order valence-corrected chi connectivity index (χ4v) is 3.06. The van der Waals surface area contributed by atoms with E-state index in [2.05, 4.69) is 10.1 Å². The number of ether oxygens (including phenoxy) is 2. The number of halogens is 1. The molecule has 0 saturated carbocycles. The van der Waals surface area contributed by atoms with Crippen LogP contribution in [0.3, 0.4) is 0 Å². The van der Waals surface area contributed by atoms with Crippen molar-refractivity contribution in [3.8, 4) is 5.69 Å². The molecule has 31 heavy (non-hydrogen) atoms. The Labute approximate surface area is 176 Å². The van der Waals surface area contributed by atoms with E-state index in [0.717, 1.165) is 0 Å². The molecule has 0 aliphatic heterocycles. The fourth-order valence-electron chi connectivity index (χ4n) is 3.06. The van der Waals surface area contributed by atoms with E-state index >= 15 is 0 Å². The number of hydrogen-bond donors (Lipinski definition) is 1. The summed E-state index contributed by atoms with van der Waals surface area (Å²) < 4.78 is 24.0. The molecule has 0 bridgehead atoms. The zero-order chi connectivity index (χ0) is 22.5. The molecule has 2 aromatic carbocycles. The first kappa shape index (κ1) is 21.7. The number of methoxy groups -OCH3 is 2. The molecule has 0 saturated heterocycles. The van der Waals surface area contributed by atoms with E-state index in [0.29, 0.717) is 11.4 Å². The maximum absolute atomic E-state index is 13.3. The van der Waals surface area contributed by atoms with Gasteiger partial charge in [-0.2, -0.15) is 0 Å². The summed E-state index contributed by atoms with van der Waals surface area (Å²) >= 11 is 0. The van der Waals surface area contributed by atoms with E-state index < -0.39 is 23.3 Å². The van der Waals surface area contributed by atoms with Gasteiger partial charge in [0.2, 0.25) is 0 Å². The third kappa shape index (κ3) is 4.61. The lowest BCUT2D eigenvalue weighted by Crippen LogP contribution is -2.20. The molecule has 0 spiro atoms. The second kappa shape index (κ2) is 9.21. The quantitative estimate of drug-likeness (QED) is 0.483. The molecule has 9 heteroatoms. The van der Waals surface area contributed by atoms with Gasteiger partial charge in [0.1, 0.15) is 5.82 Å². The summed E-state index contributed by atoms with van der Waals surface area (Å²) in [6.07, 6.45) is -0.208. The number of nitrogens with zero attached hydrogens (tertiary/aromatic N) is 2. The van der Waals surface area contributed by atoms with Crippen molar-refractivity contribution in [3.63, 3.8) is 0 Å². The van der Waals surface area contributed by atoms with E-state index in [9.17, 15) is 18.8 Å². The Morgan fingerprint density at radius 3 is 2.39 bits per heavy atom. The number of aliphatic imine (C=N–C) groups is 1. The van der Waals surface area contributed by atoms with Gasteiger partial charge in [-0.05, 0) is 43.3 Å². The van der Waals surface area contributed by atoms with Crippen molar-refractivity contribution >= 4 is 23.3 Å². The Kier molecular flexibility index (Phi) is 6.44. The number of nitrogens with one attached hydrogen (secondary N) is 1. The third-order valence-corrected chi connectivity index (χ3v) is 4.56. The highest BCUT2D eigenvalue weighted by Gasteiger charge is 2.21. The van der Waals surface area contributed by atoms with Crippen LogP contribution < -0.4 is 5.56 Å². The summed E-state index contributed by atoms with van der Waals surface area (Å²) in [4.78, 5) is 41.5. The van der Waals surface area contributed by atoms with Crippen LogP contribution in [0.2, 0.25) is 0 Å². The van der Waals surface area contributed by atoms with Crippen LogP contribution in [0.4, 0.5) is 10.1 Å². The number of aromatic nitrogens is 2. The molecule has 1 aromatic heterocycles. The molecule has 160 valence electrons. The molecule has 0 atom stereocenters. The van der Waals surface area contributed by atoms with Gasteiger partial charge in [0.05, 0.1) is 54.5 Å². The SMILES string of the molecule is COC(=O)Cc1[nH]n(-c2ccc(F)cc2)c(=O)c1C(C)=Nc1ccccc1C(=O)OC. The number of H-pyrrole nitrogens is 1. The molecular formula is C22H20FN3O5. The standard InChI is InChI=1S/C22H20FN3O5/c1-13(24-17-7-5-4-6-16(17)22(29)31-3)20-18(12-19(27)30-2)25-26(21(20)28)15-10-8-14(23)9-11-15/h4-11,25H,12H2,1-3H3. The minimum Gasteiger partial charge on any atom is -0.469 e. The summed E-state index contributed by atoms with van der Waals surface area (Å²) in [5.74, 6) is -1.58. The van der Waals surface area contributed by atoms with Crippen LogP contribution in [0.1, 0.15) is 28.5 Å². The van der Waals surface area contributed by atoms with Crippen LogP contribution in [-0.2, 0) is 20.7 Å². The van der Waals surface area contributed by atoms with Crippen LogP contribution >= 0.6 is 0 Å². The molecule has 0 amide bonds. The zero-order valence-electron chi connectivity index (χ0n) is 17.1. The molecule has 1 heterocycles. The number of benzene rings is 2. The van der Waals surface area contributed by atoms with Crippen molar-refractivity contribution in [1.82, 2.24) is 9.78 Å². The second-order valence-electron chi connectivity index (χ2n) is 6.54. The third-order valence-electron chi connectivity index (χ3n) is 4.56. The first-order valence-electron chi connectivity index (χ1n) is 9.25. The molecule has 0 unspecified atom stereocenters. The smallest absolute Gasteiger partial charge is 0.340 e. The summed E-state index contributed by atoms with van der Waals surface area (Å²) in [7, 11) is 2.50. The van der Waals surface area contributed by atoms with Crippen LogP contribution in [0.25, 0.3) is 5.69 Å². The van der Waals surface area contributed by atoms with Crippen molar-refractivity contribution in [2.75, 3.05) is 14.2 Å². The van der Waals surface area contributed by atoms with Crippen molar-refractivity contribution in [2.45, 2.75) is 13.3 Å². The number of hydrogen-bond acceptors (Lipinski definition) is 6. The zero-order valence-corrected chi connectivity index (χ0v) is 17.1. The highest BCUT2D eigenvalue weighted by molar-refractivity contribution is 6.03. The number of rotatable bonds is 6. The molecular weight excluding hydrogens is 405 g/mol.